The summed E-state index contributed by atoms with van der Waals surface area (Å²) >= 11 is 7.96. The first-order valence-corrected chi connectivity index (χ1v) is 13.4. The van der Waals surface area contributed by atoms with Crippen LogP contribution in [0.4, 0.5) is 14.2 Å². The summed E-state index contributed by atoms with van der Waals surface area (Å²) in [5.74, 6) is -0.249. The maximum Gasteiger partial charge on any atom is 0.412 e. The topological polar surface area (TPSA) is 114 Å². The molecule has 0 radical (unpaired) electrons. The van der Waals surface area contributed by atoms with E-state index in [0.29, 0.717) is 33.7 Å². The molecule has 0 unspecified atom stereocenters. The summed E-state index contributed by atoms with van der Waals surface area (Å²) < 4.78 is 32.0. The van der Waals surface area contributed by atoms with Crippen LogP contribution in [0.1, 0.15) is 44.4 Å². The summed E-state index contributed by atoms with van der Waals surface area (Å²) in [6, 6.07) is 8.56. The van der Waals surface area contributed by atoms with Crippen LogP contribution in [0.2, 0.25) is 5.02 Å². The molecule has 1 aliphatic rings. The Bertz CT molecular complexity index is 1670. The quantitative estimate of drug-likeness (QED) is 0.268. The third-order valence-corrected chi connectivity index (χ3v) is 7.52. The van der Waals surface area contributed by atoms with Crippen LogP contribution in [0.5, 0.6) is 5.88 Å². The number of nitrogens with one attached hydrogen (secondary N) is 1. The maximum atomic E-state index is 15.1. The summed E-state index contributed by atoms with van der Waals surface area (Å²) in [7, 11) is 0. The van der Waals surface area contributed by atoms with Crippen molar-refractivity contribution in [2.45, 2.75) is 52.6 Å². The van der Waals surface area contributed by atoms with Crippen molar-refractivity contribution >= 4 is 55.0 Å². The number of halogens is 2. The highest BCUT2D eigenvalue weighted by Gasteiger charge is 2.29. The van der Waals surface area contributed by atoms with Crippen molar-refractivity contribution in [1.82, 2.24) is 4.98 Å². The normalized spacial score (nSPS) is 13.8. The first kappa shape index (κ1) is 27.1. The number of carbonyl (C=O) groups is 1. The van der Waals surface area contributed by atoms with Crippen molar-refractivity contribution in [3.8, 4) is 23.1 Å². The fourth-order valence-electron chi connectivity index (χ4n) is 4.53. The minimum absolute atomic E-state index is 0.0590. The van der Waals surface area contributed by atoms with Crippen LogP contribution in [-0.4, -0.2) is 34.5 Å². The molecule has 0 saturated heterocycles. The van der Waals surface area contributed by atoms with E-state index >= 15 is 4.39 Å². The second-order valence-corrected chi connectivity index (χ2v) is 11.6. The first-order chi connectivity index (χ1) is 18.5. The monoisotopic (exact) mass is 569 g/mol. The summed E-state index contributed by atoms with van der Waals surface area (Å²) in [6.07, 6.45) is -1.43. The Labute approximate surface area is 232 Å². The lowest BCUT2D eigenvalue weighted by Gasteiger charge is -2.19. The van der Waals surface area contributed by atoms with E-state index in [1.165, 1.54) is 6.07 Å². The van der Waals surface area contributed by atoms with Crippen molar-refractivity contribution in [2.24, 2.45) is 0 Å². The lowest BCUT2D eigenvalue weighted by molar-refractivity contribution is 0.0636. The van der Waals surface area contributed by atoms with E-state index in [0.717, 1.165) is 27.8 Å². The van der Waals surface area contributed by atoms with Crippen LogP contribution in [0.25, 0.3) is 32.1 Å². The van der Waals surface area contributed by atoms with Gasteiger partial charge < -0.3 is 19.3 Å². The van der Waals surface area contributed by atoms with Crippen LogP contribution in [0.15, 0.2) is 24.3 Å². The molecule has 2 aromatic heterocycles. The molecule has 0 bridgehead atoms. The van der Waals surface area contributed by atoms with Crippen LogP contribution < -0.4 is 10.1 Å². The van der Waals surface area contributed by atoms with Gasteiger partial charge in [-0.3, -0.25) is 5.32 Å². The average Bonchev–Trinajstić information content (AvgIpc) is 3.48. The molecule has 0 aliphatic carbocycles. The maximum absolute atomic E-state index is 15.1. The standard InChI is InChI=1S/C28H25ClFN3O5S/c1-13(34)10-37-20-8-6-14-17-11-36-12-18(17)21(23(29)24(14)32-20)15-5-7-19(30)25-22(15)16(9-31)26(39-25)33-27(35)38-28(2,3)4/h5-8,13,34H,10-12H2,1-4H3,(H,33,35)/t13-/m1/s1. The van der Waals surface area contributed by atoms with Gasteiger partial charge in [0.05, 0.1) is 40.1 Å². The molecule has 4 aromatic rings. The predicted octanol–water partition coefficient (Wildman–Crippen LogP) is 6.92. The average molecular weight is 570 g/mol. The molecule has 2 aromatic carbocycles. The molecule has 11 heteroatoms. The van der Waals surface area contributed by atoms with Gasteiger partial charge >= 0.3 is 6.09 Å². The number of rotatable bonds is 5. The Balaban J connectivity index is 1.73. The number of ether oxygens (including phenoxy) is 3. The lowest BCUT2D eigenvalue weighted by Crippen LogP contribution is -2.27. The smallest absolute Gasteiger partial charge is 0.412 e. The summed E-state index contributed by atoms with van der Waals surface area (Å²) in [5.41, 5.74) is 2.59. The number of pyridine rings is 1. The Kier molecular flexibility index (Phi) is 7.11. The minimum Gasteiger partial charge on any atom is -0.475 e. The highest BCUT2D eigenvalue weighted by Crippen LogP contribution is 2.48. The third-order valence-electron chi connectivity index (χ3n) is 6.04. The number of hydrogen-bond donors (Lipinski definition) is 2. The molecular weight excluding hydrogens is 545 g/mol. The van der Waals surface area contributed by atoms with Gasteiger partial charge in [0.2, 0.25) is 5.88 Å². The number of carbonyl (C=O) groups excluding carboxylic acids is 1. The van der Waals surface area contributed by atoms with Crippen LogP contribution in [0.3, 0.4) is 0 Å². The van der Waals surface area contributed by atoms with Gasteiger partial charge in [0.25, 0.3) is 0 Å². The molecule has 3 heterocycles. The van der Waals surface area contributed by atoms with Gasteiger partial charge in [-0.25, -0.2) is 14.2 Å². The van der Waals surface area contributed by atoms with Gasteiger partial charge in [0.1, 0.15) is 29.1 Å². The molecular formula is C28H25ClFN3O5S. The number of amides is 1. The van der Waals surface area contributed by atoms with E-state index in [-0.39, 0.29) is 34.4 Å². The number of aromatic nitrogens is 1. The third kappa shape index (κ3) is 5.11. The number of nitrogens with zero attached hydrogens (tertiary/aromatic N) is 2. The Morgan fingerprint density at radius 1 is 1.31 bits per heavy atom. The molecule has 2 N–H and O–H groups in total. The number of aliphatic hydroxyl groups is 1. The number of nitriles is 1. The Hall–Kier alpha value is -3.49. The van der Waals surface area contributed by atoms with Gasteiger partial charge in [-0.1, -0.05) is 17.7 Å². The van der Waals surface area contributed by atoms with Gasteiger partial charge in [0.15, 0.2) is 0 Å². The highest BCUT2D eigenvalue weighted by atomic mass is 35.5. The molecule has 1 aliphatic heterocycles. The Morgan fingerprint density at radius 3 is 2.74 bits per heavy atom. The fraction of sp³-hybridized carbons (Fsp3) is 0.321. The summed E-state index contributed by atoms with van der Waals surface area (Å²) in [6.45, 7) is 7.43. The zero-order valence-corrected chi connectivity index (χ0v) is 23.2. The highest BCUT2D eigenvalue weighted by molar-refractivity contribution is 7.23. The van der Waals surface area contributed by atoms with Gasteiger partial charge in [-0.15, -0.1) is 11.3 Å². The lowest BCUT2D eigenvalue weighted by atomic mass is 9.91. The zero-order chi connectivity index (χ0) is 28.1. The van der Waals surface area contributed by atoms with Gasteiger partial charge in [-0.2, -0.15) is 5.26 Å². The molecule has 1 atom stereocenters. The Morgan fingerprint density at radius 2 is 2.05 bits per heavy atom. The van der Waals surface area contributed by atoms with Crippen molar-refractivity contribution in [1.29, 1.82) is 5.26 Å². The van der Waals surface area contributed by atoms with Crippen LogP contribution >= 0.6 is 22.9 Å². The summed E-state index contributed by atoms with van der Waals surface area (Å²) in [4.78, 5) is 17.1. The molecule has 8 nitrogen and oxygen atoms in total. The molecule has 39 heavy (non-hydrogen) atoms. The number of hydrogen-bond acceptors (Lipinski definition) is 8. The van der Waals surface area contributed by atoms with E-state index in [2.05, 4.69) is 16.4 Å². The molecule has 5 rings (SSSR count). The molecule has 0 spiro atoms. The van der Waals surface area contributed by atoms with E-state index in [1.807, 2.05) is 6.07 Å². The van der Waals surface area contributed by atoms with E-state index < -0.39 is 23.6 Å². The largest absolute Gasteiger partial charge is 0.475 e. The van der Waals surface area contributed by atoms with Crippen LogP contribution in [0, 0.1) is 17.1 Å². The van der Waals surface area contributed by atoms with E-state index in [9.17, 15) is 15.2 Å². The molecule has 1 amide bonds. The van der Waals surface area contributed by atoms with Crippen molar-refractivity contribution in [2.75, 3.05) is 11.9 Å². The predicted molar refractivity (Wildman–Crippen MR) is 148 cm³/mol. The molecule has 0 saturated carbocycles. The first-order valence-electron chi connectivity index (χ1n) is 12.2. The zero-order valence-electron chi connectivity index (χ0n) is 21.6. The van der Waals surface area contributed by atoms with E-state index in [4.69, 9.17) is 25.8 Å². The molecule has 0 fully saturated rings. The second kappa shape index (κ2) is 10.2. The minimum atomic E-state index is -0.756. The van der Waals surface area contributed by atoms with E-state index in [1.54, 1.807) is 39.8 Å². The molecule has 202 valence electrons. The summed E-state index contributed by atoms with van der Waals surface area (Å²) in [5, 5.41) is 23.9. The van der Waals surface area contributed by atoms with Crippen molar-refractivity contribution in [3.63, 3.8) is 0 Å². The number of aliphatic hydroxyl groups excluding tert-OH is 1. The van der Waals surface area contributed by atoms with Gasteiger partial charge in [-0.05, 0) is 56.5 Å². The SMILES string of the molecule is C[C@@H](O)COc1ccc2c3c(c(-c4ccc(F)c5sc(NC(=O)OC(C)(C)C)c(C#N)c45)c(Cl)c2n1)COC3. The van der Waals surface area contributed by atoms with Crippen molar-refractivity contribution < 1.29 is 28.5 Å². The van der Waals surface area contributed by atoms with Gasteiger partial charge in [0, 0.05) is 22.4 Å². The second-order valence-electron chi connectivity index (χ2n) is 10.2. The number of thiophene rings is 1. The number of fused-ring (bicyclic) bond motifs is 4. The van der Waals surface area contributed by atoms with Crippen molar-refractivity contribution in [3.05, 3.63) is 51.8 Å². The number of benzene rings is 2. The van der Waals surface area contributed by atoms with Crippen LogP contribution in [-0.2, 0) is 22.7 Å². The number of anilines is 1. The fourth-order valence-corrected chi connectivity index (χ4v) is 5.96.